The molecule has 1 heterocycles. The third-order valence-electron chi connectivity index (χ3n) is 4.02. The van der Waals surface area contributed by atoms with Gasteiger partial charge in [0, 0.05) is 17.4 Å². The van der Waals surface area contributed by atoms with Crippen molar-refractivity contribution in [3.63, 3.8) is 0 Å². The van der Waals surface area contributed by atoms with E-state index in [9.17, 15) is 14.4 Å². The molecule has 1 atom stereocenters. The van der Waals surface area contributed by atoms with Crippen LogP contribution < -0.4 is 10.1 Å². The van der Waals surface area contributed by atoms with Crippen molar-refractivity contribution >= 4 is 23.5 Å². The number of carbonyl (C=O) groups excluding carboxylic acids is 3. The smallest absolute Gasteiger partial charge is 0.355 e. The van der Waals surface area contributed by atoms with Crippen molar-refractivity contribution in [1.29, 1.82) is 0 Å². The monoisotopic (exact) mass is 374 g/mol. The SMILES string of the molecule is COC(=O)c1c(C)[nH]c(C(=O)O[C@H](C)C(=O)Nc2cccc(OC)c2)c1C. The van der Waals surface area contributed by atoms with E-state index >= 15 is 0 Å². The Morgan fingerprint density at radius 1 is 1.11 bits per heavy atom. The van der Waals surface area contributed by atoms with Gasteiger partial charge >= 0.3 is 11.9 Å². The number of amides is 1. The molecule has 0 radical (unpaired) electrons. The summed E-state index contributed by atoms with van der Waals surface area (Å²) in [5.41, 5.74) is 1.79. The maximum Gasteiger partial charge on any atom is 0.355 e. The molecule has 0 saturated carbocycles. The Morgan fingerprint density at radius 3 is 2.44 bits per heavy atom. The molecule has 0 saturated heterocycles. The number of hydrogen-bond donors (Lipinski definition) is 2. The molecule has 8 heteroatoms. The zero-order chi connectivity index (χ0) is 20.1. The third-order valence-corrected chi connectivity index (χ3v) is 4.02. The van der Waals surface area contributed by atoms with E-state index < -0.39 is 23.9 Å². The molecule has 0 unspecified atom stereocenters. The van der Waals surface area contributed by atoms with Gasteiger partial charge in [-0.25, -0.2) is 9.59 Å². The van der Waals surface area contributed by atoms with E-state index in [0.717, 1.165) is 0 Å². The first-order valence-electron chi connectivity index (χ1n) is 8.21. The van der Waals surface area contributed by atoms with Crippen molar-refractivity contribution < 1.29 is 28.6 Å². The highest BCUT2D eigenvalue weighted by Crippen LogP contribution is 2.21. The van der Waals surface area contributed by atoms with Gasteiger partial charge in [-0.05, 0) is 38.5 Å². The topological polar surface area (TPSA) is 107 Å². The summed E-state index contributed by atoms with van der Waals surface area (Å²) in [6, 6.07) is 6.81. The summed E-state index contributed by atoms with van der Waals surface area (Å²) in [5, 5.41) is 2.65. The highest BCUT2D eigenvalue weighted by Gasteiger charge is 2.26. The van der Waals surface area contributed by atoms with Gasteiger partial charge in [0.1, 0.15) is 11.4 Å². The van der Waals surface area contributed by atoms with Gasteiger partial charge in [-0.15, -0.1) is 0 Å². The van der Waals surface area contributed by atoms with E-state index in [1.165, 1.54) is 21.1 Å². The van der Waals surface area contributed by atoms with Crippen LogP contribution in [0.25, 0.3) is 0 Å². The van der Waals surface area contributed by atoms with Crippen LogP contribution in [0, 0.1) is 13.8 Å². The molecule has 0 bridgehead atoms. The lowest BCUT2D eigenvalue weighted by atomic mass is 10.1. The molecule has 144 valence electrons. The van der Waals surface area contributed by atoms with Crippen molar-refractivity contribution in [2.24, 2.45) is 0 Å². The minimum atomic E-state index is -1.05. The van der Waals surface area contributed by atoms with Gasteiger partial charge in [0.25, 0.3) is 5.91 Å². The van der Waals surface area contributed by atoms with Crippen LogP contribution in [0.3, 0.4) is 0 Å². The molecule has 0 aliphatic heterocycles. The zero-order valence-electron chi connectivity index (χ0n) is 15.8. The van der Waals surface area contributed by atoms with Crippen LogP contribution in [-0.2, 0) is 14.3 Å². The van der Waals surface area contributed by atoms with Crippen LogP contribution >= 0.6 is 0 Å². The molecule has 2 aromatic rings. The number of hydrogen-bond acceptors (Lipinski definition) is 6. The summed E-state index contributed by atoms with van der Waals surface area (Å²) >= 11 is 0. The standard InChI is InChI=1S/C19H22N2O6/c1-10-15(18(23)26-5)11(2)20-16(10)19(24)27-12(3)17(22)21-13-7-6-8-14(9-13)25-4/h6-9,12,20H,1-5H3,(H,21,22)/t12-/m1/s1. The van der Waals surface area contributed by atoms with E-state index in [0.29, 0.717) is 22.7 Å². The van der Waals surface area contributed by atoms with E-state index in [1.807, 2.05) is 0 Å². The lowest BCUT2D eigenvalue weighted by molar-refractivity contribution is -0.123. The second-order valence-corrected chi connectivity index (χ2v) is 5.89. The Hall–Kier alpha value is -3.29. The normalized spacial score (nSPS) is 11.4. The van der Waals surface area contributed by atoms with Crippen molar-refractivity contribution in [3.05, 3.63) is 46.8 Å². The summed E-state index contributed by atoms with van der Waals surface area (Å²) < 4.78 is 15.0. The molecule has 1 aromatic heterocycles. The molecule has 0 fully saturated rings. The van der Waals surface area contributed by atoms with E-state index in [4.69, 9.17) is 14.2 Å². The Morgan fingerprint density at radius 2 is 1.81 bits per heavy atom. The second-order valence-electron chi connectivity index (χ2n) is 5.89. The van der Waals surface area contributed by atoms with Gasteiger partial charge in [0.05, 0.1) is 19.8 Å². The molecule has 0 aliphatic rings. The second kappa shape index (κ2) is 8.39. The van der Waals surface area contributed by atoms with Crippen LogP contribution in [0.1, 0.15) is 39.0 Å². The van der Waals surface area contributed by atoms with E-state index in [-0.39, 0.29) is 11.3 Å². The highest BCUT2D eigenvalue weighted by molar-refractivity contribution is 6.00. The molecule has 1 aromatic carbocycles. The molecular weight excluding hydrogens is 352 g/mol. The van der Waals surface area contributed by atoms with Crippen LogP contribution in [-0.4, -0.2) is 43.2 Å². The van der Waals surface area contributed by atoms with E-state index in [1.54, 1.807) is 38.1 Å². The van der Waals surface area contributed by atoms with Gasteiger partial charge < -0.3 is 24.5 Å². The number of ether oxygens (including phenoxy) is 3. The minimum absolute atomic E-state index is 0.105. The number of aryl methyl sites for hydroxylation is 1. The average molecular weight is 374 g/mol. The third kappa shape index (κ3) is 4.46. The predicted molar refractivity (Wildman–Crippen MR) is 98.1 cm³/mol. The number of anilines is 1. The number of aromatic nitrogens is 1. The fourth-order valence-corrected chi connectivity index (χ4v) is 2.58. The van der Waals surface area contributed by atoms with Crippen LogP contribution in [0.15, 0.2) is 24.3 Å². The van der Waals surface area contributed by atoms with Gasteiger partial charge in [0.2, 0.25) is 0 Å². The van der Waals surface area contributed by atoms with Crippen LogP contribution in [0.4, 0.5) is 5.69 Å². The molecule has 0 aliphatic carbocycles. The van der Waals surface area contributed by atoms with Crippen LogP contribution in [0.5, 0.6) is 5.75 Å². The predicted octanol–water partition coefficient (Wildman–Crippen LogP) is 2.61. The molecule has 1 amide bonds. The largest absolute Gasteiger partial charge is 0.497 e. The van der Waals surface area contributed by atoms with Gasteiger partial charge in [0.15, 0.2) is 6.10 Å². The number of rotatable bonds is 6. The van der Waals surface area contributed by atoms with Gasteiger partial charge in [-0.2, -0.15) is 0 Å². The van der Waals surface area contributed by atoms with Gasteiger partial charge in [-0.1, -0.05) is 6.07 Å². The average Bonchev–Trinajstić information content (AvgIpc) is 2.95. The summed E-state index contributed by atoms with van der Waals surface area (Å²) in [4.78, 5) is 39.3. The minimum Gasteiger partial charge on any atom is -0.497 e. The van der Waals surface area contributed by atoms with Crippen molar-refractivity contribution in [1.82, 2.24) is 4.98 Å². The fourth-order valence-electron chi connectivity index (χ4n) is 2.58. The molecule has 0 spiro atoms. The first kappa shape index (κ1) is 20.0. The fraction of sp³-hybridized carbons (Fsp3) is 0.316. The van der Waals surface area contributed by atoms with Gasteiger partial charge in [-0.3, -0.25) is 4.79 Å². The number of nitrogens with one attached hydrogen (secondary N) is 2. The Labute approximate surface area is 156 Å². The Bertz CT molecular complexity index is 871. The molecule has 27 heavy (non-hydrogen) atoms. The summed E-state index contributed by atoms with van der Waals surface area (Å²) in [5.74, 6) is -1.20. The van der Waals surface area contributed by atoms with Crippen LogP contribution in [0.2, 0.25) is 0 Å². The first-order chi connectivity index (χ1) is 12.8. The maximum absolute atomic E-state index is 12.4. The van der Waals surface area contributed by atoms with Crippen molar-refractivity contribution in [2.45, 2.75) is 26.9 Å². The summed E-state index contributed by atoms with van der Waals surface area (Å²) in [7, 11) is 2.78. The lowest BCUT2D eigenvalue weighted by Gasteiger charge is -2.14. The molecule has 2 rings (SSSR count). The lowest BCUT2D eigenvalue weighted by Crippen LogP contribution is -2.30. The summed E-state index contributed by atoms with van der Waals surface area (Å²) in [6.45, 7) is 4.71. The number of esters is 2. The zero-order valence-corrected chi connectivity index (χ0v) is 15.8. The number of H-pyrrole nitrogens is 1. The number of carbonyl (C=O) groups is 3. The number of benzene rings is 1. The maximum atomic E-state index is 12.4. The first-order valence-corrected chi connectivity index (χ1v) is 8.21. The molecular formula is C19H22N2O6. The highest BCUT2D eigenvalue weighted by atomic mass is 16.5. The quantitative estimate of drug-likeness (QED) is 0.753. The van der Waals surface area contributed by atoms with Crippen molar-refractivity contribution in [3.8, 4) is 5.75 Å². The Balaban J connectivity index is 2.08. The Kier molecular flexibility index (Phi) is 6.23. The number of methoxy groups -OCH3 is 2. The molecule has 2 N–H and O–H groups in total. The van der Waals surface area contributed by atoms with E-state index in [2.05, 4.69) is 10.3 Å². The van der Waals surface area contributed by atoms with Crippen molar-refractivity contribution in [2.75, 3.05) is 19.5 Å². The number of aromatic amines is 1. The molecule has 8 nitrogen and oxygen atoms in total. The summed E-state index contributed by atoms with van der Waals surface area (Å²) in [6.07, 6.45) is -1.05.